The number of carbonyl (C=O) groups is 1. The van der Waals surface area contributed by atoms with Crippen LogP contribution in [0.2, 0.25) is 0 Å². The highest BCUT2D eigenvalue weighted by atomic mass is 16.1. The Morgan fingerprint density at radius 3 is 2.17 bits per heavy atom. The summed E-state index contributed by atoms with van der Waals surface area (Å²) in [5.74, 6) is 0.631. The molecule has 0 aromatic heterocycles. The van der Waals surface area contributed by atoms with E-state index in [1.54, 1.807) is 0 Å². The third-order valence-electron chi connectivity index (χ3n) is 5.09. The van der Waals surface area contributed by atoms with Gasteiger partial charge in [0.05, 0.1) is 0 Å². The predicted octanol–water partition coefficient (Wildman–Crippen LogP) is 3.60. The zero-order valence-corrected chi connectivity index (χ0v) is 14.0. The molecule has 0 atom stereocenters. The molecule has 1 saturated carbocycles. The molecule has 0 N–H and O–H groups in total. The van der Waals surface area contributed by atoms with Gasteiger partial charge >= 0.3 is 0 Å². The van der Waals surface area contributed by atoms with Gasteiger partial charge in [-0.1, -0.05) is 30.3 Å². The second-order valence-corrected chi connectivity index (χ2v) is 6.93. The van der Waals surface area contributed by atoms with Gasteiger partial charge in [0.15, 0.2) is 5.78 Å². The zero-order valence-electron chi connectivity index (χ0n) is 14.0. The van der Waals surface area contributed by atoms with Crippen molar-refractivity contribution in [1.29, 1.82) is 0 Å². The van der Waals surface area contributed by atoms with Crippen LogP contribution < -0.4 is 4.90 Å². The Morgan fingerprint density at radius 2 is 1.54 bits per heavy atom. The Balaban J connectivity index is 1.33. The summed E-state index contributed by atoms with van der Waals surface area (Å²) in [6.07, 6.45) is 2.15. The second kappa shape index (κ2) is 6.78. The normalized spacial score (nSPS) is 18.6. The molecule has 3 nitrogen and oxygen atoms in total. The van der Waals surface area contributed by atoms with Crippen LogP contribution in [-0.2, 0) is 6.54 Å². The molecule has 2 aliphatic rings. The fourth-order valence-electron chi connectivity index (χ4n) is 3.42. The summed E-state index contributed by atoms with van der Waals surface area (Å²) in [5, 5.41) is 0. The molecule has 3 heteroatoms. The molecule has 0 radical (unpaired) electrons. The van der Waals surface area contributed by atoms with Crippen LogP contribution >= 0.6 is 0 Å². The molecule has 24 heavy (non-hydrogen) atoms. The summed E-state index contributed by atoms with van der Waals surface area (Å²) in [6.45, 7) is 5.28. The van der Waals surface area contributed by atoms with E-state index in [9.17, 15) is 4.79 Å². The molecule has 1 saturated heterocycles. The van der Waals surface area contributed by atoms with Gasteiger partial charge in [-0.3, -0.25) is 9.69 Å². The lowest BCUT2D eigenvalue weighted by Crippen LogP contribution is -2.45. The lowest BCUT2D eigenvalue weighted by atomic mass is 10.1. The maximum absolute atomic E-state index is 12.1. The maximum atomic E-state index is 12.1. The number of piperazine rings is 1. The lowest BCUT2D eigenvalue weighted by molar-refractivity contribution is 0.0967. The molecule has 4 rings (SSSR count). The minimum atomic E-state index is 0.303. The number of Topliss-reactive ketones (excluding diaryl/α,β-unsaturated/α-hetero) is 1. The highest BCUT2D eigenvalue weighted by Crippen LogP contribution is 2.33. The molecule has 0 spiro atoms. The predicted molar refractivity (Wildman–Crippen MR) is 97.4 cm³/mol. The molecule has 0 bridgehead atoms. The summed E-state index contributed by atoms with van der Waals surface area (Å²) < 4.78 is 0. The first kappa shape index (κ1) is 15.4. The number of anilines is 1. The van der Waals surface area contributed by atoms with Crippen LogP contribution in [0.5, 0.6) is 0 Å². The van der Waals surface area contributed by atoms with Crippen molar-refractivity contribution in [2.24, 2.45) is 5.92 Å². The van der Waals surface area contributed by atoms with Crippen molar-refractivity contribution >= 4 is 11.5 Å². The number of rotatable bonds is 5. The number of hydrogen-bond donors (Lipinski definition) is 0. The van der Waals surface area contributed by atoms with Crippen molar-refractivity contribution in [1.82, 2.24) is 4.90 Å². The summed E-state index contributed by atoms with van der Waals surface area (Å²) in [6, 6.07) is 18.9. The van der Waals surface area contributed by atoms with Gasteiger partial charge in [0.25, 0.3) is 0 Å². The largest absolute Gasteiger partial charge is 0.369 e. The second-order valence-electron chi connectivity index (χ2n) is 6.93. The van der Waals surface area contributed by atoms with E-state index in [0.29, 0.717) is 11.7 Å². The average Bonchev–Trinajstić information content (AvgIpc) is 3.48. The minimum Gasteiger partial charge on any atom is -0.369 e. The van der Waals surface area contributed by atoms with Crippen LogP contribution in [0.1, 0.15) is 28.8 Å². The van der Waals surface area contributed by atoms with Crippen molar-refractivity contribution in [2.45, 2.75) is 19.4 Å². The monoisotopic (exact) mass is 320 g/mol. The van der Waals surface area contributed by atoms with Gasteiger partial charge in [-0.25, -0.2) is 0 Å². The summed E-state index contributed by atoms with van der Waals surface area (Å²) in [4.78, 5) is 17.0. The lowest BCUT2D eigenvalue weighted by Gasteiger charge is -2.36. The fourth-order valence-corrected chi connectivity index (χ4v) is 3.42. The number of ketones is 1. The SMILES string of the molecule is O=C(c1ccc(N2CCN(Cc3ccccc3)CC2)cc1)C1CC1. The van der Waals surface area contributed by atoms with E-state index in [2.05, 4.69) is 52.3 Å². The van der Waals surface area contributed by atoms with Crippen LogP contribution in [-0.4, -0.2) is 36.9 Å². The van der Waals surface area contributed by atoms with Gasteiger partial charge in [0.1, 0.15) is 0 Å². The molecule has 1 aliphatic carbocycles. The van der Waals surface area contributed by atoms with E-state index in [4.69, 9.17) is 0 Å². The van der Waals surface area contributed by atoms with Crippen LogP contribution in [0.15, 0.2) is 54.6 Å². The van der Waals surface area contributed by atoms with E-state index in [1.807, 2.05) is 12.1 Å². The first-order chi connectivity index (χ1) is 11.8. The first-order valence-corrected chi connectivity index (χ1v) is 8.95. The summed E-state index contributed by atoms with van der Waals surface area (Å²) >= 11 is 0. The maximum Gasteiger partial charge on any atom is 0.165 e. The van der Waals surface area contributed by atoms with Gasteiger partial charge in [0, 0.05) is 49.9 Å². The Hall–Kier alpha value is -2.13. The Morgan fingerprint density at radius 1 is 0.875 bits per heavy atom. The molecule has 2 aromatic rings. The molecule has 0 amide bonds. The van der Waals surface area contributed by atoms with Gasteiger partial charge in [0.2, 0.25) is 0 Å². The van der Waals surface area contributed by atoms with Crippen molar-refractivity contribution in [3.63, 3.8) is 0 Å². The number of nitrogens with zero attached hydrogens (tertiary/aromatic N) is 2. The Bertz CT molecular complexity index is 684. The number of carbonyl (C=O) groups excluding carboxylic acids is 1. The van der Waals surface area contributed by atoms with Crippen molar-refractivity contribution in [3.8, 4) is 0 Å². The van der Waals surface area contributed by atoms with Gasteiger partial charge in [-0.2, -0.15) is 0 Å². The molecule has 2 fully saturated rings. The van der Waals surface area contributed by atoms with E-state index < -0.39 is 0 Å². The minimum absolute atomic E-state index is 0.303. The van der Waals surface area contributed by atoms with E-state index in [0.717, 1.165) is 51.1 Å². The first-order valence-electron chi connectivity index (χ1n) is 8.95. The molecule has 1 aliphatic heterocycles. The molecule has 124 valence electrons. The van der Waals surface area contributed by atoms with E-state index in [1.165, 1.54) is 11.3 Å². The Kier molecular flexibility index (Phi) is 4.35. The molecular formula is C21H24N2O. The molecule has 0 unspecified atom stereocenters. The third-order valence-corrected chi connectivity index (χ3v) is 5.09. The van der Waals surface area contributed by atoms with E-state index >= 15 is 0 Å². The highest BCUT2D eigenvalue weighted by molar-refractivity contribution is 5.99. The van der Waals surface area contributed by atoms with Crippen molar-refractivity contribution in [2.75, 3.05) is 31.1 Å². The summed E-state index contributed by atoms with van der Waals surface area (Å²) in [5.41, 5.74) is 3.50. The van der Waals surface area contributed by atoms with E-state index in [-0.39, 0.29) is 0 Å². The average molecular weight is 320 g/mol. The Labute approximate surface area is 143 Å². The standard InChI is InChI=1S/C21H24N2O/c24-21(18-6-7-18)19-8-10-20(11-9-19)23-14-12-22(13-15-23)16-17-4-2-1-3-5-17/h1-5,8-11,18H,6-7,12-16H2. The molecule has 1 heterocycles. The van der Waals surface area contributed by atoms with Crippen molar-refractivity contribution in [3.05, 3.63) is 65.7 Å². The van der Waals surface area contributed by atoms with Gasteiger partial charge in [-0.05, 0) is 42.7 Å². The number of hydrogen-bond acceptors (Lipinski definition) is 3. The van der Waals surface area contributed by atoms with Crippen LogP contribution in [0, 0.1) is 5.92 Å². The van der Waals surface area contributed by atoms with Crippen molar-refractivity contribution < 1.29 is 4.79 Å². The summed E-state index contributed by atoms with van der Waals surface area (Å²) in [7, 11) is 0. The van der Waals surface area contributed by atoms with Crippen LogP contribution in [0.4, 0.5) is 5.69 Å². The molecule has 2 aromatic carbocycles. The smallest absolute Gasteiger partial charge is 0.165 e. The molecular weight excluding hydrogens is 296 g/mol. The zero-order chi connectivity index (χ0) is 16.4. The quantitative estimate of drug-likeness (QED) is 0.787. The van der Waals surface area contributed by atoms with Gasteiger partial charge < -0.3 is 4.90 Å². The highest BCUT2D eigenvalue weighted by Gasteiger charge is 2.30. The third kappa shape index (κ3) is 3.51. The van der Waals surface area contributed by atoms with Crippen LogP contribution in [0.25, 0.3) is 0 Å². The van der Waals surface area contributed by atoms with Crippen LogP contribution in [0.3, 0.4) is 0 Å². The number of benzene rings is 2. The fraction of sp³-hybridized carbons (Fsp3) is 0.381. The topological polar surface area (TPSA) is 23.6 Å². The van der Waals surface area contributed by atoms with Gasteiger partial charge in [-0.15, -0.1) is 0 Å².